The van der Waals surface area contributed by atoms with Crippen molar-refractivity contribution in [3.05, 3.63) is 0 Å². The third-order valence-electron chi connectivity index (χ3n) is 12.0. The van der Waals surface area contributed by atoms with Gasteiger partial charge in [0, 0.05) is 18.3 Å². The Balaban J connectivity index is 1.34. The molecule has 5 rings (SSSR count). The molecule has 2 N–H and O–H groups in total. The van der Waals surface area contributed by atoms with Gasteiger partial charge in [0.1, 0.15) is 11.4 Å². The lowest BCUT2D eigenvalue weighted by atomic mass is 9.42. The van der Waals surface area contributed by atoms with Crippen molar-refractivity contribution in [2.75, 3.05) is 6.61 Å². The summed E-state index contributed by atoms with van der Waals surface area (Å²) in [6.07, 6.45) is 8.73. The van der Waals surface area contributed by atoms with Gasteiger partial charge in [-0.25, -0.2) is 0 Å². The molecular weight excluding hydrogens is 400 g/mol. The average Bonchev–Trinajstić information content (AvgIpc) is 3.44. The van der Waals surface area contributed by atoms with Gasteiger partial charge in [-0.05, 0) is 92.3 Å². The molecule has 5 fully saturated rings. The van der Waals surface area contributed by atoms with E-state index < -0.39 is 11.7 Å². The second-order valence-electron chi connectivity index (χ2n) is 13.4. The molecule has 1 heterocycles. The zero-order chi connectivity index (χ0) is 23.1. The van der Waals surface area contributed by atoms with Crippen LogP contribution < -0.4 is 0 Å². The van der Waals surface area contributed by atoms with Crippen molar-refractivity contribution < 1.29 is 19.7 Å². The highest BCUT2D eigenvalue weighted by Crippen LogP contribution is 2.69. The molecule has 0 spiro atoms. The SMILES string of the molecule is CC(C)[C@@]1(CC[C@@H](C)[C@H]2CC[C@H]3[C@@H]4C[C@H](O)[C@@]5(O)CC(=O)CC[C@]5(C)[C@H]4CC[C@]23C)CO1. The molecule has 4 heteroatoms. The van der Waals surface area contributed by atoms with E-state index in [1.165, 1.54) is 32.1 Å². The van der Waals surface area contributed by atoms with Crippen molar-refractivity contribution in [1.29, 1.82) is 0 Å². The number of ketones is 1. The molecule has 5 aliphatic rings. The van der Waals surface area contributed by atoms with E-state index in [0.717, 1.165) is 25.4 Å². The van der Waals surface area contributed by atoms with Gasteiger partial charge in [-0.3, -0.25) is 4.79 Å². The van der Waals surface area contributed by atoms with Gasteiger partial charge < -0.3 is 14.9 Å². The molecular formula is C28H46O4. The van der Waals surface area contributed by atoms with Gasteiger partial charge in [0.2, 0.25) is 0 Å². The molecule has 0 bridgehead atoms. The summed E-state index contributed by atoms with van der Waals surface area (Å²) in [7, 11) is 0. The minimum Gasteiger partial charge on any atom is -0.390 e. The van der Waals surface area contributed by atoms with Crippen molar-refractivity contribution in [3.63, 3.8) is 0 Å². The molecule has 0 amide bonds. The van der Waals surface area contributed by atoms with Crippen molar-refractivity contribution in [3.8, 4) is 0 Å². The summed E-state index contributed by atoms with van der Waals surface area (Å²) in [4.78, 5) is 12.2. The molecule has 0 radical (unpaired) electrons. The first kappa shape index (κ1) is 23.3. The lowest BCUT2D eigenvalue weighted by Gasteiger charge is -2.64. The molecule has 0 aromatic carbocycles. The van der Waals surface area contributed by atoms with Gasteiger partial charge >= 0.3 is 0 Å². The summed E-state index contributed by atoms with van der Waals surface area (Å²) >= 11 is 0. The predicted molar refractivity (Wildman–Crippen MR) is 125 cm³/mol. The van der Waals surface area contributed by atoms with E-state index in [9.17, 15) is 15.0 Å². The molecule has 10 atom stereocenters. The average molecular weight is 447 g/mol. The molecule has 4 nitrogen and oxygen atoms in total. The van der Waals surface area contributed by atoms with Gasteiger partial charge in [0.15, 0.2) is 0 Å². The van der Waals surface area contributed by atoms with Gasteiger partial charge in [0.25, 0.3) is 0 Å². The fourth-order valence-corrected chi connectivity index (χ4v) is 9.58. The number of carbonyl (C=O) groups excluding carboxylic acids is 1. The predicted octanol–water partition coefficient (Wildman–Crippen LogP) is 5.14. The number of carbonyl (C=O) groups is 1. The number of rotatable bonds is 5. The second kappa shape index (κ2) is 7.52. The standard InChI is InChI=1S/C28H46O4/c1-17(2)27(16-32-27)13-8-18(3)21-6-7-22-20-14-24(30)28(31)15-19(29)9-12-26(28,5)23(20)10-11-25(21,22)4/h17-18,20-24,30-31H,6-16H2,1-5H3/t18-,20+,21-,22+,23+,24+,25-,26-,27-,28+/m1/s1. The molecule has 4 aliphatic carbocycles. The molecule has 0 aromatic heterocycles. The van der Waals surface area contributed by atoms with E-state index in [1.807, 2.05) is 0 Å². The van der Waals surface area contributed by atoms with E-state index >= 15 is 0 Å². The van der Waals surface area contributed by atoms with Crippen LogP contribution in [0.5, 0.6) is 0 Å². The number of aliphatic hydroxyl groups excluding tert-OH is 1. The Morgan fingerprint density at radius 3 is 2.47 bits per heavy atom. The van der Waals surface area contributed by atoms with Crippen LogP contribution in [-0.4, -0.2) is 39.9 Å². The Hall–Kier alpha value is -0.450. The summed E-state index contributed by atoms with van der Waals surface area (Å²) < 4.78 is 5.89. The Morgan fingerprint density at radius 2 is 1.81 bits per heavy atom. The molecule has 182 valence electrons. The summed E-state index contributed by atoms with van der Waals surface area (Å²) in [5.41, 5.74) is -1.07. The maximum atomic E-state index is 12.2. The number of Topliss-reactive ketones (excluding diaryl/α,β-unsaturated/α-hetero) is 1. The largest absolute Gasteiger partial charge is 0.390 e. The van der Waals surface area contributed by atoms with E-state index in [1.54, 1.807) is 0 Å². The van der Waals surface area contributed by atoms with E-state index in [0.29, 0.717) is 47.8 Å². The molecule has 4 saturated carbocycles. The Morgan fingerprint density at radius 1 is 1.09 bits per heavy atom. The number of hydrogen-bond acceptors (Lipinski definition) is 4. The lowest BCUT2D eigenvalue weighted by molar-refractivity contribution is -0.248. The quantitative estimate of drug-likeness (QED) is 0.574. The van der Waals surface area contributed by atoms with E-state index in [-0.39, 0.29) is 23.2 Å². The van der Waals surface area contributed by atoms with Crippen LogP contribution in [0.3, 0.4) is 0 Å². The van der Waals surface area contributed by atoms with Crippen LogP contribution in [0.4, 0.5) is 0 Å². The van der Waals surface area contributed by atoms with E-state index in [2.05, 4.69) is 34.6 Å². The molecule has 0 aromatic rings. The van der Waals surface area contributed by atoms with Crippen LogP contribution in [-0.2, 0) is 9.53 Å². The van der Waals surface area contributed by atoms with Crippen LogP contribution in [0.15, 0.2) is 0 Å². The summed E-state index contributed by atoms with van der Waals surface area (Å²) in [5, 5.41) is 22.8. The number of hydrogen-bond donors (Lipinski definition) is 2. The Labute approximate surface area is 194 Å². The van der Waals surface area contributed by atoms with Crippen LogP contribution in [0, 0.1) is 46.3 Å². The van der Waals surface area contributed by atoms with E-state index in [4.69, 9.17) is 4.74 Å². The zero-order valence-corrected chi connectivity index (χ0v) is 21.0. The summed E-state index contributed by atoms with van der Waals surface area (Å²) in [6, 6.07) is 0. The van der Waals surface area contributed by atoms with Crippen LogP contribution >= 0.6 is 0 Å². The molecule has 1 saturated heterocycles. The highest BCUT2D eigenvalue weighted by Gasteiger charge is 2.67. The Kier molecular flexibility index (Phi) is 5.48. The van der Waals surface area contributed by atoms with Crippen LogP contribution in [0.2, 0.25) is 0 Å². The number of fused-ring (bicyclic) bond motifs is 5. The first-order valence-corrected chi connectivity index (χ1v) is 13.5. The number of aliphatic hydroxyl groups is 2. The highest BCUT2D eigenvalue weighted by molar-refractivity contribution is 5.81. The van der Waals surface area contributed by atoms with Crippen molar-refractivity contribution in [2.45, 2.75) is 116 Å². The summed E-state index contributed by atoms with van der Waals surface area (Å²) in [6.45, 7) is 12.7. The zero-order valence-electron chi connectivity index (χ0n) is 21.0. The first-order valence-electron chi connectivity index (χ1n) is 13.5. The molecule has 0 unspecified atom stereocenters. The maximum Gasteiger partial charge on any atom is 0.135 e. The van der Waals surface area contributed by atoms with Gasteiger partial charge in [-0.2, -0.15) is 0 Å². The smallest absolute Gasteiger partial charge is 0.135 e. The van der Waals surface area contributed by atoms with Crippen molar-refractivity contribution in [1.82, 2.24) is 0 Å². The van der Waals surface area contributed by atoms with Gasteiger partial charge in [-0.1, -0.05) is 34.6 Å². The monoisotopic (exact) mass is 446 g/mol. The molecule has 1 aliphatic heterocycles. The van der Waals surface area contributed by atoms with Crippen molar-refractivity contribution in [2.24, 2.45) is 46.3 Å². The van der Waals surface area contributed by atoms with Gasteiger partial charge in [0.05, 0.1) is 18.3 Å². The Bertz CT molecular complexity index is 759. The minimum absolute atomic E-state index is 0.122. The third kappa shape index (κ3) is 3.14. The fraction of sp³-hybridized carbons (Fsp3) is 0.964. The molecule has 32 heavy (non-hydrogen) atoms. The maximum absolute atomic E-state index is 12.2. The lowest BCUT2D eigenvalue weighted by Crippen LogP contribution is -2.68. The minimum atomic E-state index is -1.22. The third-order valence-corrected chi connectivity index (χ3v) is 12.0. The number of epoxide rings is 1. The highest BCUT2D eigenvalue weighted by atomic mass is 16.6. The number of ether oxygens (including phenoxy) is 1. The summed E-state index contributed by atoms with van der Waals surface area (Å²) in [5.74, 6) is 3.72. The van der Waals surface area contributed by atoms with Crippen molar-refractivity contribution >= 4 is 5.78 Å². The second-order valence-corrected chi connectivity index (χ2v) is 13.4. The van der Waals surface area contributed by atoms with Crippen LogP contribution in [0.25, 0.3) is 0 Å². The topological polar surface area (TPSA) is 70.1 Å². The van der Waals surface area contributed by atoms with Crippen LogP contribution in [0.1, 0.15) is 98.8 Å². The first-order chi connectivity index (χ1) is 15.0. The normalized spacial score (nSPS) is 53.5. The fourth-order valence-electron chi connectivity index (χ4n) is 9.58. The van der Waals surface area contributed by atoms with Gasteiger partial charge in [-0.15, -0.1) is 0 Å².